The van der Waals surface area contributed by atoms with E-state index in [1.54, 1.807) is 19.0 Å². The van der Waals surface area contributed by atoms with Crippen molar-refractivity contribution in [2.75, 3.05) is 25.6 Å². The van der Waals surface area contributed by atoms with Gasteiger partial charge in [-0.15, -0.1) is 0 Å². The van der Waals surface area contributed by atoms with E-state index in [1.165, 1.54) is 6.07 Å². The minimum absolute atomic E-state index is 0.0122. The number of carbonyl (C=O) groups excluding carboxylic acids is 1. The molecule has 0 radical (unpaired) electrons. The van der Waals surface area contributed by atoms with Crippen LogP contribution in [0, 0.1) is 0 Å². The summed E-state index contributed by atoms with van der Waals surface area (Å²) < 4.78 is 44.0. The van der Waals surface area contributed by atoms with Crippen molar-refractivity contribution in [3.8, 4) is 0 Å². The van der Waals surface area contributed by atoms with Gasteiger partial charge in [0.1, 0.15) is 5.69 Å². The number of hydrogen-bond donors (Lipinski definition) is 1. The van der Waals surface area contributed by atoms with Crippen molar-refractivity contribution in [1.82, 2.24) is 9.97 Å². The van der Waals surface area contributed by atoms with Gasteiger partial charge in [0, 0.05) is 32.5 Å². The van der Waals surface area contributed by atoms with Crippen molar-refractivity contribution in [1.29, 1.82) is 0 Å². The van der Waals surface area contributed by atoms with E-state index >= 15 is 0 Å². The molecule has 0 amide bonds. The molecule has 0 spiro atoms. The van der Waals surface area contributed by atoms with Gasteiger partial charge in [-0.3, -0.25) is 14.6 Å². The quantitative estimate of drug-likeness (QED) is 0.825. The van der Waals surface area contributed by atoms with Gasteiger partial charge in [-0.2, -0.15) is 13.2 Å². The average molecular weight is 381 g/mol. The third-order valence-corrected chi connectivity index (χ3v) is 4.36. The molecule has 1 aliphatic heterocycles. The summed E-state index contributed by atoms with van der Waals surface area (Å²) in [6, 6.07) is 4.58. The smallest absolute Gasteiger partial charge is 0.376 e. The van der Waals surface area contributed by atoms with Gasteiger partial charge in [0.15, 0.2) is 5.78 Å². The number of anilines is 1. The molecule has 6 nitrogen and oxygen atoms in total. The van der Waals surface area contributed by atoms with Crippen LogP contribution in [0.1, 0.15) is 39.5 Å². The first-order valence-electron chi connectivity index (χ1n) is 8.25. The standard InChI is InChI=1S/C18H18F3N3O3/c1-24(2)17-22-14(7-16(26)23-17)15(25)6-11-9-27-8-10-5-12(18(19,20)21)3-4-13(10)11/h3-5,7,11H,6,8-9H2,1-2H3,(H,22,23,26)/t11-/m0/s1. The first-order valence-corrected chi connectivity index (χ1v) is 8.25. The topological polar surface area (TPSA) is 75.3 Å². The summed E-state index contributed by atoms with van der Waals surface area (Å²) in [5.74, 6) is -0.515. The van der Waals surface area contributed by atoms with E-state index in [2.05, 4.69) is 9.97 Å². The van der Waals surface area contributed by atoms with E-state index in [-0.39, 0.29) is 37.1 Å². The molecule has 2 heterocycles. The first-order chi connectivity index (χ1) is 12.6. The van der Waals surface area contributed by atoms with Crippen LogP contribution in [0.4, 0.5) is 19.1 Å². The Morgan fingerprint density at radius 3 is 2.74 bits per heavy atom. The number of alkyl halides is 3. The molecule has 144 valence electrons. The summed E-state index contributed by atoms with van der Waals surface area (Å²) in [6.45, 7) is 0.284. The molecule has 1 aromatic carbocycles. The predicted octanol–water partition coefficient (Wildman–Crippen LogP) is 2.74. The maximum absolute atomic E-state index is 12.9. The number of benzene rings is 1. The molecule has 1 N–H and O–H groups in total. The van der Waals surface area contributed by atoms with Crippen LogP contribution in [0.25, 0.3) is 0 Å². The molecule has 1 aromatic heterocycles. The molecule has 3 rings (SSSR count). The summed E-state index contributed by atoms with van der Waals surface area (Å²) in [5, 5.41) is 0. The van der Waals surface area contributed by atoms with Crippen LogP contribution in [0.5, 0.6) is 0 Å². The summed E-state index contributed by atoms with van der Waals surface area (Å²) in [5.41, 5.74) is -0.112. The lowest BCUT2D eigenvalue weighted by atomic mass is 9.87. The second-order valence-corrected chi connectivity index (χ2v) is 6.60. The molecule has 0 unspecified atom stereocenters. The van der Waals surface area contributed by atoms with Gasteiger partial charge in [-0.05, 0) is 23.3 Å². The van der Waals surface area contributed by atoms with E-state index in [1.807, 2.05) is 0 Å². The fraction of sp³-hybridized carbons (Fsp3) is 0.389. The number of hydrogen-bond acceptors (Lipinski definition) is 5. The second kappa shape index (κ2) is 7.15. The molecule has 27 heavy (non-hydrogen) atoms. The molecule has 1 aliphatic rings. The van der Waals surface area contributed by atoms with E-state index in [0.717, 1.165) is 18.2 Å². The van der Waals surface area contributed by atoms with E-state index in [0.29, 0.717) is 11.1 Å². The van der Waals surface area contributed by atoms with Crippen LogP contribution >= 0.6 is 0 Å². The number of ketones is 1. The van der Waals surface area contributed by atoms with Gasteiger partial charge >= 0.3 is 6.18 Å². The first kappa shape index (κ1) is 19.1. The van der Waals surface area contributed by atoms with Crippen LogP contribution < -0.4 is 10.5 Å². The minimum Gasteiger partial charge on any atom is -0.376 e. The molecular weight excluding hydrogens is 363 g/mol. The van der Waals surface area contributed by atoms with Gasteiger partial charge in [0.2, 0.25) is 5.95 Å². The summed E-state index contributed by atoms with van der Waals surface area (Å²) in [7, 11) is 3.35. The van der Waals surface area contributed by atoms with E-state index < -0.39 is 23.2 Å². The van der Waals surface area contributed by atoms with Gasteiger partial charge in [-0.25, -0.2) is 4.98 Å². The fourth-order valence-electron chi connectivity index (χ4n) is 3.00. The highest BCUT2D eigenvalue weighted by Crippen LogP contribution is 2.35. The zero-order valence-electron chi connectivity index (χ0n) is 14.8. The van der Waals surface area contributed by atoms with Crippen LogP contribution in [0.3, 0.4) is 0 Å². The molecular formula is C18H18F3N3O3. The SMILES string of the molecule is CN(C)c1nc(C(=O)C[C@H]2COCc3cc(C(F)(F)F)ccc32)cc(=O)[nH]1. The number of carbonyl (C=O) groups is 1. The van der Waals surface area contributed by atoms with Crippen molar-refractivity contribution in [3.63, 3.8) is 0 Å². The van der Waals surface area contributed by atoms with Crippen molar-refractivity contribution in [2.24, 2.45) is 0 Å². The molecule has 0 saturated carbocycles. The molecule has 0 aliphatic carbocycles. The average Bonchev–Trinajstić information content (AvgIpc) is 2.60. The van der Waals surface area contributed by atoms with Gasteiger partial charge in [0.05, 0.1) is 18.8 Å². The lowest BCUT2D eigenvalue weighted by Gasteiger charge is -2.26. The van der Waals surface area contributed by atoms with Crippen molar-refractivity contribution in [2.45, 2.75) is 25.1 Å². The van der Waals surface area contributed by atoms with Crippen molar-refractivity contribution >= 4 is 11.7 Å². The molecule has 0 fully saturated rings. The van der Waals surface area contributed by atoms with Gasteiger partial charge in [-0.1, -0.05) is 6.07 Å². The zero-order valence-corrected chi connectivity index (χ0v) is 14.8. The highest BCUT2D eigenvalue weighted by atomic mass is 19.4. The Bertz CT molecular complexity index is 922. The summed E-state index contributed by atoms with van der Waals surface area (Å²) >= 11 is 0. The molecule has 2 aromatic rings. The van der Waals surface area contributed by atoms with Crippen LogP contribution in [-0.4, -0.2) is 36.5 Å². The maximum atomic E-state index is 12.9. The lowest BCUT2D eigenvalue weighted by molar-refractivity contribution is -0.137. The Morgan fingerprint density at radius 2 is 2.07 bits per heavy atom. The lowest BCUT2D eigenvalue weighted by Crippen LogP contribution is -2.24. The number of H-pyrrole nitrogens is 1. The Labute approximate surface area is 153 Å². The van der Waals surface area contributed by atoms with Crippen LogP contribution in [0.2, 0.25) is 0 Å². The van der Waals surface area contributed by atoms with Crippen LogP contribution in [-0.2, 0) is 17.5 Å². The number of aromatic amines is 1. The summed E-state index contributed by atoms with van der Waals surface area (Å²) in [6.07, 6.45) is -4.45. The zero-order chi connectivity index (χ0) is 19.8. The fourth-order valence-corrected chi connectivity index (χ4v) is 3.00. The van der Waals surface area contributed by atoms with Crippen molar-refractivity contribution in [3.05, 3.63) is 57.0 Å². The second-order valence-electron chi connectivity index (χ2n) is 6.60. The van der Waals surface area contributed by atoms with E-state index in [9.17, 15) is 22.8 Å². The number of Topliss-reactive ketones (excluding diaryl/α,β-unsaturated/α-hetero) is 1. The Balaban J connectivity index is 1.86. The predicted molar refractivity (Wildman–Crippen MR) is 92.0 cm³/mol. The Kier molecular flexibility index (Phi) is 5.05. The van der Waals surface area contributed by atoms with Gasteiger partial charge in [0.25, 0.3) is 5.56 Å². The minimum atomic E-state index is -4.44. The van der Waals surface area contributed by atoms with Crippen molar-refractivity contribution < 1.29 is 22.7 Å². The number of nitrogens with one attached hydrogen (secondary N) is 1. The number of rotatable bonds is 4. The highest BCUT2D eigenvalue weighted by Gasteiger charge is 2.33. The van der Waals surface area contributed by atoms with Gasteiger partial charge < -0.3 is 9.64 Å². The largest absolute Gasteiger partial charge is 0.416 e. The Hall–Kier alpha value is -2.68. The monoisotopic (exact) mass is 381 g/mol. The normalized spacial score (nSPS) is 16.7. The van der Waals surface area contributed by atoms with Crippen LogP contribution in [0.15, 0.2) is 29.1 Å². The summed E-state index contributed by atoms with van der Waals surface area (Å²) in [4.78, 5) is 32.6. The molecule has 9 heteroatoms. The maximum Gasteiger partial charge on any atom is 0.416 e. The molecule has 0 bridgehead atoms. The molecule has 1 atom stereocenters. The third kappa shape index (κ3) is 4.19. The third-order valence-electron chi connectivity index (χ3n) is 4.36. The number of ether oxygens (including phenoxy) is 1. The Morgan fingerprint density at radius 1 is 1.33 bits per heavy atom. The van der Waals surface area contributed by atoms with E-state index in [4.69, 9.17) is 4.74 Å². The number of aromatic nitrogens is 2. The molecule has 0 saturated heterocycles. The number of nitrogens with zero attached hydrogens (tertiary/aromatic N) is 2. The highest BCUT2D eigenvalue weighted by molar-refractivity contribution is 5.95. The number of halogens is 3. The number of fused-ring (bicyclic) bond motifs is 1.